The third kappa shape index (κ3) is 6.84. The monoisotopic (exact) mass is 326 g/mol. The van der Waals surface area contributed by atoms with Crippen LogP contribution in [-0.2, 0) is 17.6 Å². The molecule has 0 aromatic heterocycles. The molecule has 0 heterocycles. The van der Waals surface area contributed by atoms with Crippen LogP contribution < -0.4 is 15.4 Å². The highest BCUT2D eigenvalue weighted by Crippen LogP contribution is 2.12. The molecule has 0 aliphatic heterocycles. The summed E-state index contributed by atoms with van der Waals surface area (Å²) in [6.45, 7) is 1.84. The van der Waals surface area contributed by atoms with Crippen LogP contribution in [0.25, 0.3) is 0 Å². The summed E-state index contributed by atoms with van der Waals surface area (Å²) in [7, 11) is 1.67. The van der Waals surface area contributed by atoms with Gasteiger partial charge in [0.25, 0.3) is 0 Å². The molecule has 0 aliphatic rings. The Bertz CT molecular complexity index is 614. The maximum atomic E-state index is 11.8. The van der Waals surface area contributed by atoms with Crippen LogP contribution in [0, 0.1) is 0 Å². The molecule has 0 atom stereocenters. The average molecular weight is 326 g/mol. The Hall–Kier alpha value is -2.33. The maximum Gasteiger partial charge on any atom is 0.233 e. The fraction of sp³-hybridized carbons (Fsp3) is 0.350. The largest absolute Gasteiger partial charge is 0.497 e. The summed E-state index contributed by atoms with van der Waals surface area (Å²) in [5.74, 6) is 0.914. The highest BCUT2D eigenvalue weighted by atomic mass is 16.5. The number of ether oxygens (including phenoxy) is 1. The first-order valence-electron chi connectivity index (χ1n) is 8.42. The van der Waals surface area contributed by atoms with Crippen LogP contribution in [0.15, 0.2) is 54.6 Å². The van der Waals surface area contributed by atoms with Gasteiger partial charge >= 0.3 is 0 Å². The van der Waals surface area contributed by atoms with Crippen LogP contribution in [0.3, 0.4) is 0 Å². The van der Waals surface area contributed by atoms with E-state index in [1.807, 2.05) is 36.4 Å². The molecule has 0 saturated heterocycles. The lowest BCUT2D eigenvalue weighted by Gasteiger charge is -2.08. The second kappa shape index (κ2) is 10.4. The first kappa shape index (κ1) is 18.0. The maximum absolute atomic E-state index is 11.8. The van der Waals surface area contributed by atoms with E-state index in [0.29, 0.717) is 13.1 Å². The quantitative estimate of drug-likeness (QED) is 0.660. The molecule has 0 aliphatic carbocycles. The van der Waals surface area contributed by atoms with Gasteiger partial charge in [0.05, 0.1) is 13.7 Å². The van der Waals surface area contributed by atoms with Crippen LogP contribution in [0.5, 0.6) is 5.75 Å². The number of aryl methyl sites for hydroxylation is 1. The Balaban J connectivity index is 1.53. The minimum atomic E-state index is 0.0497. The number of carbonyl (C=O) groups excluding carboxylic acids is 1. The third-order valence-electron chi connectivity index (χ3n) is 3.82. The number of benzene rings is 2. The van der Waals surface area contributed by atoms with Crippen molar-refractivity contribution in [2.75, 3.05) is 26.7 Å². The highest BCUT2D eigenvalue weighted by molar-refractivity contribution is 5.77. The van der Waals surface area contributed by atoms with E-state index in [0.717, 1.165) is 31.6 Å². The molecule has 0 radical (unpaired) electrons. The van der Waals surface area contributed by atoms with Crippen molar-refractivity contribution in [3.05, 3.63) is 65.7 Å². The topological polar surface area (TPSA) is 50.4 Å². The van der Waals surface area contributed by atoms with E-state index in [2.05, 4.69) is 28.8 Å². The van der Waals surface area contributed by atoms with Crippen LogP contribution in [0.2, 0.25) is 0 Å². The molecule has 2 aromatic rings. The van der Waals surface area contributed by atoms with Gasteiger partial charge in [-0.3, -0.25) is 4.79 Å². The fourth-order valence-corrected chi connectivity index (χ4v) is 2.49. The lowest BCUT2D eigenvalue weighted by Crippen LogP contribution is -2.35. The van der Waals surface area contributed by atoms with Crippen LogP contribution in [0.1, 0.15) is 17.5 Å². The summed E-state index contributed by atoms with van der Waals surface area (Å²) in [5, 5.41) is 6.13. The molecule has 0 fully saturated rings. The molecule has 24 heavy (non-hydrogen) atoms. The van der Waals surface area contributed by atoms with Gasteiger partial charge in [-0.15, -0.1) is 0 Å². The number of methoxy groups -OCH3 is 1. The minimum Gasteiger partial charge on any atom is -0.497 e. The van der Waals surface area contributed by atoms with Gasteiger partial charge in [-0.1, -0.05) is 42.5 Å². The molecule has 0 bridgehead atoms. The predicted octanol–water partition coefficient (Wildman–Crippen LogP) is 2.58. The van der Waals surface area contributed by atoms with E-state index in [1.165, 1.54) is 11.1 Å². The van der Waals surface area contributed by atoms with Crippen molar-refractivity contribution in [3.63, 3.8) is 0 Å². The summed E-state index contributed by atoms with van der Waals surface area (Å²) >= 11 is 0. The molecule has 2 aromatic carbocycles. The van der Waals surface area contributed by atoms with Gasteiger partial charge in [0.2, 0.25) is 5.91 Å². The summed E-state index contributed by atoms with van der Waals surface area (Å²) in [4.78, 5) is 11.8. The first-order valence-corrected chi connectivity index (χ1v) is 8.42. The summed E-state index contributed by atoms with van der Waals surface area (Å²) < 4.78 is 5.20. The van der Waals surface area contributed by atoms with Crippen molar-refractivity contribution in [1.82, 2.24) is 10.6 Å². The van der Waals surface area contributed by atoms with Crippen molar-refractivity contribution in [3.8, 4) is 5.75 Å². The van der Waals surface area contributed by atoms with E-state index in [-0.39, 0.29) is 5.91 Å². The number of nitrogens with one attached hydrogen (secondary N) is 2. The molecule has 0 unspecified atom stereocenters. The SMILES string of the molecule is COc1cccc(CCNCC(=O)NCCCc2ccccc2)c1. The van der Waals surface area contributed by atoms with Crippen LogP contribution >= 0.6 is 0 Å². The Morgan fingerprint density at radius 2 is 1.75 bits per heavy atom. The molecule has 0 spiro atoms. The van der Waals surface area contributed by atoms with Crippen molar-refractivity contribution < 1.29 is 9.53 Å². The number of hydrogen-bond donors (Lipinski definition) is 2. The molecule has 128 valence electrons. The number of hydrogen-bond acceptors (Lipinski definition) is 3. The first-order chi connectivity index (χ1) is 11.8. The van der Waals surface area contributed by atoms with E-state index >= 15 is 0 Å². The average Bonchev–Trinajstić information content (AvgIpc) is 2.63. The smallest absolute Gasteiger partial charge is 0.233 e. The molecule has 4 nitrogen and oxygen atoms in total. The molecule has 0 saturated carbocycles. The Morgan fingerprint density at radius 3 is 2.54 bits per heavy atom. The van der Waals surface area contributed by atoms with Gasteiger partial charge in [-0.25, -0.2) is 0 Å². The molecule has 1 amide bonds. The Morgan fingerprint density at radius 1 is 0.958 bits per heavy atom. The zero-order valence-corrected chi connectivity index (χ0v) is 14.3. The second-order valence-electron chi connectivity index (χ2n) is 5.72. The van der Waals surface area contributed by atoms with Gasteiger partial charge in [-0.05, 0) is 49.1 Å². The van der Waals surface area contributed by atoms with Gasteiger partial charge in [0.15, 0.2) is 0 Å². The van der Waals surface area contributed by atoms with Crippen LogP contribution in [0.4, 0.5) is 0 Å². The second-order valence-corrected chi connectivity index (χ2v) is 5.72. The summed E-state index contributed by atoms with van der Waals surface area (Å²) in [5.41, 5.74) is 2.51. The third-order valence-corrected chi connectivity index (χ3v) is 3.82. The van der Waals surface area contributed by atoms with Crippen LogP contribution in [-0.4, -0.2) is 32.7 Å². The molecular formula is C20H26N2O2. The van der Waals surface area contributed by atoms with Gasteiger partial charge in [-0.2, -0.15) is 0 Å². The Kier molecular flexibility index (Phi) is 7.84. The Labute approximate surface area is 144 Å². The lowest BCUT2D eigenvalue weighted by atomic mass is 10.1. The van der Waals surface area contributed by atoms with Gasteiger partial charge < -0.3 is 15.4 Å². The van der Waals surface area contributed by atoms with Crippen molar-refractivity contribution >= 4 is 5.91 Å². The minimum absolute atomic E-state index is 0.0497. The van der Waals surface area contributed by atoms with Gasteiger partial charge in [0.1, 0.15) is 5.75 Å². The standard InChI is InChI=1S/C20H26N2O2/c1-24-19-11-5-9-18(15-19)12-14-21-16-20(23)22-13-6-10-17-7-3-2-4-8-17/h2-5,7-9,11,15,21H,6,10,12-14,16H2,1H3,(H,22,23). The zero-order chi connectivity index (χ0) is 17.0. The normalized spacial score (nSPS) is 10.4. The lowest BCUT2D eigenvalue weighted by molar-refractivity contribution is -0.120. The summed E-state index contributed by atoms with van der Waals surface area (Å²) in [6, 6.07) is 18.3. The van der Waals surface area contributed by atoms with Gasteiger partial charge in [0, 0.05) is 6.54 Å². The summed E-state index contributed by atoms with van der Waals surface area (Å²) in [6.07, 6.45) is 2.82. The molecule has 4 heteroatoms. The molecule has 2 rings (SSSR count). The fourth-order valence-electron chi connectivity index (χ4n) is 2.49. The van der Waals surface area contributed by atoms with E-state index < -0.39 is 0 Å². The van der Waals surface area contributed by atoms with E-state index in [1.54, 1.807) is 7.11 Å². The van der Waals surface area contributed by atoms with E-state index in [9.17, 15) is 4.79 Å². The van der Waals surface area contributed by atoms with Crippen molar-refractivity contribution in [2.24, 2.45) is 0 Å². The van der Waals surface area contributed by atoms with Crippen molar-refractivity contribution in [2.45, 2.75) is 19.3 Å². The number of rotatable bonds is 10. The van der Waals surface area contributed by atoms with Crippen molar-refractivity contribution in [1.29, 1.82) is 0 Å². The molecule has 2 N–H and O–H groups in total. The highest BCUT2D eigenvalue weighted by Gasteiger charge is 2.01. The zero-order valence-electron chi connectivity index (χ0n) is 14.3. The van der Waals surface area contributed by atoms with E-state index in [4.69, 9.17) is 4.74 Å². The number of carbonyl (C=O) groups is 1. The predicted molar refractivity (Wildman–Crippen MR) is 97.3 cm³/mol. The molecular weight excluding hydrogens is 300 g/mol. The number of amides is 1.